The summed E-state index contributed by atoms with van der Waals surface area (Å²) in [6.45, 7) is 6.74. The second kappa shape index (κ2) is 6.36. The molecule has 1 aromatic carbocycles. The molecule has 0 fully saturated rings. The molecular weight excluding hydrogens is 294 g/mol. The van der Waals surface area contributed by atoms with Crippen molar-refractivity contribution in [3.05, 3.63) is 30.1 Å². The van der Waals surface area contributed by atoms with E-state index in [2.05, 4.69) is 22.4 Å². The molecule has 122 valence electrons. The molecule has 2 aromatic rings. The largest absolute Gasteiger partial charge is 0.486 e. The number of fused-ring (bicyclic) bond motifs is 1. The van der Waals surface area contributed by atoms with Crippen LogP contribution >= 0.6 is 0 Å². The Bertz CT molecular complexity index is 697. The van der Waals surface area contributed by atoms with Gasteiger partial charge in [0.15, 0.2) is 5.82 Å². The van der Waals surface area contributed by atoms with Gasteiger partial charge in [-0.1, -0.05) is 32.9 Å². The number of carbonyl (C=O) groups is 1. The fraction of sp³-hybridized carbons (Fsp3) is 0.500. The molecule has 0 N–H and O–H groups in total. The second-order valence-electron chi connectivity index (χ2n) is 5.97. The van der Waals surface area contributed by atoms with Gasteiger partial charge in [0.1, 0.15) is 18.4 Å². The number of carbonyl (C=O) groups excluding carboxylic acids is 1. The molecule has 1 atom stereocenters. The summed E-state index contributed by atoms with van der Waals surface area (Å²) < 4.78 is 7.49. The number of hydrogen-bond acceptors (Lipinski definition) is 5. The average molecular weight is 315 g/mol. The number of tetrazole rings is 1. The first-order valence-electron chi connectivity index (χ1n) is 7.92. The van der Waals surface area contributed by atoms with Gasteiger partial charge in [-0.2, -0.15) is 0 Å². The summed E-state index contributed by atoms with van der Waals surface area (Å²) in [5.74, 6) is 1.60. The minimum absolute atomic E-state index is 0.00675. The van der Waals surface area contributed by atoms with Gasteiger partial charge in [-0.3, -0.25) is 4.79 Å². The van der Waals surface area contributed by atoms with E-state index >= 15 is 0 Å². The number of rotatable bonds is 4. The minimum Gasteiger partial charge on any atom is -0.486 e. The van der Waals surface area contributed by atoms with E-state index in [4.69, 9.17) is 4.74 Å². The second-order valence-corrected chi connectivity index (χ2v) is 5.97. The molecule has 0 saturated carbocycles. The molecule has 1 aliphatic rings. The van der Waals surface area contributed by atoms with E-state index in [1.54, 1.807) is 9.58 Å². The SMILES string of the molecule is CC[C@H]1CN(C(=O)Cn2nnnc2C(C)C)c2ccccc2O1. The van der Waals surface area contributed by atoms with E-state index in [-0.39, 0.29) is 24.5 Å². The van der Waals surface area contributed by atoms with Crippen LogP contribution in [-0.4, -0.2) is 38.8 Å². The summed E-state index contributed by atoms with van der Waals surface area (Å²) >= 11 is 0. The number of aromatic nitrogens is 4. The summed E-state index contributed by atoms with van der Waals surface area (Å²) in [6.07, 6.45) is 0.854. The number of amides is 1. The van der Waals surface area contributed by atoms with Gasteiger partial charge in [0.05, 0.1) is 12.2 Å². The molecule has 0 aliphatic carbocycles. The number of hydrogen-bond donors (Lipinski definition) is 0. The summed E-state index contributed by atoms with van der Waals surface area (Å²) in [6, 6.07) is 7.62. The van der Waals surface area contributed by atoms with Crippen LogP contribution in [0.25, 0.3) is 0 Å². The molecule has 1 amide bonds. The Morgan fingerprint density at radius 1 is 1.39 bits per heavy atom. The lowest BCUT2D eigenvalue weighted by Crippen LogP contribution is -2.44. The molecule has 7 nitrogen and oxygen atoms in total. The van der Waals surface area contributed by atoms with Crippen molar-refractivity contribution >= 4 is 11.6 Å². The number of benzene rings is 1. The van der Waals surface area contributed by atoms with Crippen LogP contribution in [0.4, 0.5) is 5.69 Å². The standard InChI is InChI=1S/C16H21N5O2/c1-4-12-9-20(13-7-5-6-8-14(13)23-12)15(22)10-21-16(11(2)3)17-18-19-21/h5-8,11-12H,4,9-10H2,1-3H3/t12-/m0/s1. The lowest BCUT2D eigenvalue weighted by atomic mass is 10.1. The van der Waals surface area contributed by atoms with Crippen molar-refractivity contribution in [1.82, 2.24) is 20.2 Å². The van der Waals surface area contributed by atoms with Gasteiger partial charge >= 0.3 is 0 Å². The normalized spacial score (nSPS) is 17.0. The topological polar surface area (TPSA) is 73.1 Å². The Morgan fingerprint density at radius 2 is 2.17 bits per heavy atom. The van der Waals surface area contributed by atoms with Gasteiger partial charge < -0.3 is 9.64 Å². The Kier molecular flexibility index (Phi) is 4.27. The molecule has 23 heavy (non-hydrogen) atoms. The third-order valence-electron chi connectivity index (χ3n) is 3.95. The minimum atomic E-state index is -0.0339. The van der Waals surface area contributed by atoms with Crippen molar-refractivity contribution in [3.63, 3.8) is 0 Å². The van der Waals surface area contributed by atoms with Gasteiger partial charge in [-0.15, -0.1) is 5.10 Å². The molecule has 0 saturated heterocycles. The van der Waals surface area contributed by atoms with Crippen molar-refractivity contribution < 1.29 is 9.53 Å². The molecule has 0 radical (unpaired) electrons. The number of para-hydroxylation sites is 2. The quantitative estimate of drug-likeness (QED) is 0.863. The monoisotopic (exact) mass is 315 g/mol. The van der Waals surface area contributed by atoms with Gasteiger partial charge in [0.25, 0.3) is 0 Å². The fourth-order valence-electron chi connectivity index (χ4n) is 2.70. The summed E-state index contributed by atoms with van der Waals surface area (Å²) in [5, 5.41) is 11.6. The molecule has 1 aliphatic heterocycles. The van der Waals surface area contributed by atoms with Crippen LogP contribution < -0.4 is 9.64 Å². The number of anilines is 1. The summed E-state index contributed by atoms with van der Waals surface area (Å²) in [4.78, 5) is 14.6. The van der Waals surface area contributed by atoms with Crippen molar-refractivity contribution in [3.8, 4) is 5.75 Å². The van der Waals surface area contributed by atoms with E-state index in [9.17, 15) is 4.79 Å². The van der Waals surface area contributed by atoms with Crippen molar-refractivity contribution in [1.29, 1.82) is 0 Å². The third-order valence-corrected chi connectivity index (χ3v) is 3.95. The molecule has 7 heteroatoms. The first-order chi connectivity index (χ1) is 11.1. The highest BCUT2D eigenvalue weighted by molar-refractivity contribution is 5.95. The van der Waals surface area contributed by atoms with Crippen LogP contribution in [0.5, 0.6) is 5.75 Å². The zero-order valence-corrected chi connectivity index (χ0v) is 13.6. The highest BCUT2D eigenvalue weighted by atomic mass is 16.5. The maximum atomic E-state index is 12.8. The Balaban J connectivity index is 1.85. The molecule has 2 heterocycles. The highest BCUT2D eigenvalue weighted by Gasteiger charge is 2.29. The summed E-state index contributed by atoms with van der Waals surface area (Å²) in [5.41, 5.74) is 0.807. The molecular formula is C16H21N5O2. The van der Waals surface area contributed by atoms with Crippen LogP contribution in [-0.2, 0) is 11.3 Å². The molecule has 3 rings (SSSR count). The molecule has 0 bridgehead atoms. The Labute approximate surface area is 135 Å². The maximum absolute atomic E-state index is 12.8. The van der Waals surface area contributed by atoms with Gasteiger partial charge in [0, 0.05) is 5.92 Å². The van der Waals surface area contributed by atoms with E-state index in [0.29, 0.717) is 12.4 Å². The third kappa shape index (κ3) is 3.04. The van der Waals surface area contributed by atoms with E-state index in [1.807, 2.05) is 38.1 Å². The average Bonchev–Trinajstić information content (AvgIpc) is 3.02. The lowest BCUT2D eigenvalue weighted by molar-refractivity contribution is -0.120. The van der Waals surface area contributed by atoms with Gasteiger partial charge in [-0.05, 0) is 29.0 Å². The molecule has 0 spiro atoms. The van der Waals surface area contributed by atoms with Crippen LogP contribution in [0, 0.1) is 0 Å². The first kappa shape index (κ1) is 15.5. The highest BCUT2D eigenvalue weighted by Crippen LogP contribution is 2.33. The zero-order chi connectivity index (χ0) is 16.4. The van der Waals surface area contributed by atoms with Crippen molar-refractivity contribution in [2.75, 3.05) is 11.4 Å². The van der Waals surface area contributed by atoms with E-state index in [0.717, 1.165) is 17.9 Å². The maximum Gasteiger partial charge on any atom is 0.249 e. The van der Waals surface area contributed by atoms with Gasteiger partial charge in [0.2, 0.25) is 5.91 Å². The Morgan fingerprint density at radius 3 is 2.91 bits per heavy atom. The fourth-order valence-corrected chi connectivity index (χ4v) is 2.70. The van der Waals surface area contributed by atoms with Crippen LogP contribution in [0.1, 0.15) is 38.9 Å². The molecule has 0 unspecified atom stereocenters. The predicted octanol–water partition coefficient (Wildman–Crippen LogP) is 2.00. The lowest BCUT2D eigenvalue weighted by Gasteiger charge is -2.34. The first-order valence-corrected chi connectivity index (χ1v) is 7.92. The number of ether oxygens (including phenoxy) is 1. The van der Waals surface area contributed by atoms with Crippen molar-refractivity contribution in [2.45, 2.75) is 45.8 Å². The Hall–Kier alpha value is -2.44. The predicted molar refractivity (Wildman–Crippen MR) is 85.4 cm³/mol. The van der Waals surface area contributed by atoms with E-state index in [1.165, 1.54) is 0 Å². The van der Waals surface area contributed by atoms with Gasteiger partial charge in [-0.25, -0.2) is 4.68 Å². The number of nitrogens with zero attached hydrogens (tertiary/aromatic N) is 5. The zero-order valence-electron chi connectivity index (χ0n) is 13.6. The van der Waals surface area contributed by atoms with Crippen molar-refractivity contribution in [2.24, 2.45) is 0 Å². The van der Waals surface area contributed by atoms with Crippen LogP contribution in [0.15, 0.2) is 24.3 Å². The molecule has 1 aromatic heterocycles. The smallest absolute Gasteiger partial charge is 0.249 e. The van der Waals surface area contributed by atoms with E-state index < -0.39 is 0 Å². The van der Waals surface area contributed by atoms with Crippen LogP contribution in [0.3, 0.4) is 0 Å². The van der Waals surface area contributed by atoms with Crippen LogP contribution in [0.2, 0.25) is 0 Å². The summed E-state index contributed by atoms with van der Waals surface area (Å²) in [7, 11) is 0.